The van der Waals surface area contributed by atoms with Crippen molar-refractivity contribution in [2.24, 2.45) is 17.8 Å². The summed E-state index contributed by atoms with van der Waals surface area (Å²) in [5.74, 6) is 3.72. The van der Waals surface area contributed by atoms with Gasteiger partial charge in [-0.05, 0) is 56.1 Å². The zero-order chi connectivity index (χ0) is 12.7. The van der Waals surface area contributed by atoms with Crippen LogP contribution in [0.4, 0.5) is 0 Å². The SMILES string of the molecule is CC.CCOC1=CC[C@@H]([C@H]2CC[C@@H](C)C2)C=C1. The van der Waals surface area contributed by atoms with Gasteiger partial charge in [-0.1, -0.05) is 33.3 Å². The lowest BCUT2D eigenvalue weighted by Crippen LogP contribution is -2.11. The highest BCUT2D eigenvalue weighted by Gasteiger charge is 2.27. The quantitative estimate of drug-likeness (QED) is 0.674. The smallest absolute Gasteiger partial charge is 0.115 e. The van der Waals surface area contributed by atoms with Gasteiger partial charge in [0.05, 0.1) is 6.61 Å². The first kappa shape index (κ1) is 14.3. The molecule has 0 aromatic rings. The Balaban J connectivity index is 0.000000686. The zero-order valence-corrected chi connectivity index (χ0v) is 11.9. The topological polar surface area (TPSA) is 9.23 Å². The zero-order valence-electron chi connectivity index (χ0n) is 11.9. The largest absolute Gasteiger partial charge is 0.494 e. The Hall–Kier alpha value is -0.720. The third-order valence-corrected chi connectivity index (χ3v) is 3.75. The van der Waals surface area contributed by atoms with Crippen LogP contribution in [0, 0.1) is 17.8 Å². The molecular weight excluding hydrogens is 208 g/mol. The Morgan fingerprint density at radius 3 is 2.53 bits per heavy atom. The van der Waals surface area contributed by atoms with Gasteiger partial charge < -0.3 is 4.74 Å². The lowest BCUT2D eigenvalue weighted by Gasteiger charge is -2.22. The van der Waals surface area contributed by atoms with Crippen molar-refractivity contribution in [1.29, 1.82) is 0 Å². The molecule has 0 amide bonds. The van der Waals surface area contributed by atoms with Gasteiger partial charge in [-0.15, -0.1) is 0 Å². The molecule has 1 saturated carbocycles. The van der Waals surface area contributed by atoms with E-state index in [1.807, 2.05) is 20.8 Å². The van der Waals surface area contributed by atoms with E-state index < -0.39 is 0 Å². The van der Waals surface area contributed by atoms with E-state index >= 15 is 0 Å². The second-order valence-corrected chi connectivity index (χ2v) is 4.98. The lowest BCUT2D eigenvalue weighted by atomic mass is 9.85. The van der Waals surface area contributed by atoms with E-state index in [4.69, 9.17) is 4.74 Å². The van der Waals surface area contributed by atoms with Crippen LogP contribution < -0.4 is 0 Å². The van der Waals surface area contributed by atoms with Crippen LogP contribution in [0.1, 0.15) is 53.4 Å². The fraction of sp³-hybridized carbons (Fsp3) is 0.750. The Morgan fingerprint density at radius 2 is 2.06 bits per heavy atom. The van der Waals surface area contributed by atoms with E-state index in [0.717, 1.165) is 30.1 Å². The van der Waals surface area contributed by atoms with Crippen LogP contribution in [-0.4, -0.2) is 6.61 Å². The number of ether oxygens (including phenoxy) is 1. The van der Waals surface area contributed by atoms with Crippen molar-refractivity contribution in [3.63, 3.8) is 0 Å². The molecule has 1 fully saturated rings. The van der Waals surface area contributed by atoms with Crippen molar-refractivity contribution in [1.82, 2.24) is 0 Å². The van der Waals surface area contributed by atoms with E-state index in [-0.39, 0.29) is 0 Å². The van der Waals surface area contributed by atoms with Gasteiger partial charge in [0.2, 0.25) is 0 Å². The average molecular weight is 236 g/mol. The predicted octanol–water partition coefficient (Wildman–Crippen LogP) is 4.95. The van der Waals surface area contributed by atoms with Crippen molar-refractivity contribution >= 4 is 0 Å². The number of hydrogen-bond acceptors (Lipinski definition) is 1. The summed E-state index contributed by atoms with van der Waals surface area (Å²) >= 11 is 0. The molecule has 1 heteroatoms. The average Bonchev–Trinajstić information content (AvgIpc) is 2.80. The van der Waals surface area contributed by atoms with Crippen LogP contribution in [0.15, 0.2) is 24.0 Å². The van der Waals surface area contributed by atoms with Crippen LogP contribution >= 0.6 is 0 Å². The van der Waals surface area contributed by atoms with Crippen molar-refractivity contribution in [2.45, 2.75) is 53.4 Å². The Kier molecular flexibility index (Phi) is 6.39. The third-order valence-electron chi connectivity index (χ3n) is 3.75. The molecule has 0 N–H and O–H groups in total. The van der Waals surface area contributed by atoms with E-state index in [2.05, 4.69) is 25.2 Å². The van der Waals surface area contributed by atoms with Crippen molar-refractivity contribution in [3.05, 3.63) is 24.0 Å². The first-order valence-corrected chi connectivity index (χ1v) is 7.30. The molecule has 2 aliphatic rings. The summed E-state index contributed by atoms with van der Waals surface area (Å²) in [5, 5.41) is 0. The van der Waals surface area contributed by atoms with Gasteiger partial charge in [0.1, 0.15) is 5.76 Å². The van der Waals surface area contributed by atoms with E-state index in [1.165, 1.54) is 25.7 Å². The first-order chi connectivity index (χ1) is 8.29. The number of allylic oxidation sites excluding steroid dienone is 3. The maximum absolute atomic E-state index is 5.49. The molecule has 0 unspecified atom stereocenters. The fourth-order valence-electron chi connectivity index (χ4n) is 2.88. The lowest BCUT2D eigenvalue weighted by molar-refractivity contribution is 0.236. The molecule has 17 heavy (non-hydrogen) atoms. The van der Waals surface area contributed by atoms with Crippen molar-refractivity contribution in [2.75, 3.05) is 6.61 Å². The first-order valence-electron chi connectivity index (χ1n) is 7.30. The molecule has 3 atom stereocenters. The van der Waals surface area contributed by atoms with Crippen LogP contribution in [0.2, 0.25) is 0 Å². The molecule has 0 heterocycles. The van der Waals surface area contributed by atoms with Gasteiger partial charge >= 0.3 is 0 Å². The van der Waals surface area contributed by atoms with Gasteiger partial charge in [0.15, 0.2) is 0 Å². The minimum Gasteiger partial charge on any atom is -0.494 e. The summed E-state index contributed by atoms with van der Waals surface area (Å²) in [4.78, 5) is 0. The number of hydrogen-bond donors (Lipinski definition) is 0. The molecule has 2 rings (SSSR count). The van der Waals surface area contributed by atoms with Crippen molar-refractivity contribution < 1.29 is 4.74 Å². The maximum Gasteiger partial charge on any atom is 0.115 e. The molecule has 0 radical (unpaired) electrons. The molecule has 0 aromatic heterocycles. The summed E-state index contributed by atoms with van der Waals surface area (Å²) in [6.07, 6.45) is 12.3. The summed E-state index contributed by atoms with van der Waals surface area (Å²) in [6, 6.07) is 0. The van der Waals surface area contributed by atoms with Crippen LogP contribution in [0.3, 0.4) is 0 Å². The minimum atomic E-state index is 0.777. The number of rotatable bonds is 3. The Bertz CT molecular complexity index is 265. The Labute approximate surface area is 107 Å². The predicted molar refractivity (Wildman–Crippen MR) is 74.8 cm³/mol. The Morgan fingerprint density at radius 1 is 1.29 bits per heavy atom. The normalized spacial score (nSPS) is 31.5. The highest BCUT2D eigenvalue weighted by Crippen LogP contribution is 2.38. The van der Waals surface area contributed by atoms with E-state index in [1.54, 1.807) is 0 Å². The monoisotopic (exact) mass is 236 g/mol. The minimum absolute atomic E-state index is 0.777. The fourth-order valence-corrected chi connectivity index (χ4v) is 2.88. The maximum atomic E-state index is 5.49. The molecular formula is C16H28O. The standard InChI is InChI=1S/C14H22O.C2H6/c1-3-15-14-8-6-12(7-9-14)13-5-4-11(2)10-13;1-2/h6,8-9,11-13H,3-5,7,10H2,1-2H3;1-2H3/t11-,12+,13+;/m1./s1. The molecule has 98 valence electrons. The third kappa shape index (κ3) is 4.22. The van der Waals surface area contributed by atoms with Crippen LogP contribution in [0.5, 0.6) is 0 Å². The van der Waals surface area contributed by atoms with E-state index in [0.29, 0.717) is 0 Å². The summed E-state index contributed by atoms with van der Waals surface area (Å²) in [6.45, 7) is 9.20. The second-order valence-electron chi connectivity index (χ2n) is 4.98. The summed E-state index contributed by atoms with van der Waals surface area (Å²) in [5.41, 5.74) is 0. The van der Waals surface area contributed by atoms with Gasteiger partial charge in [0.25, 0.3) is 0 Å². The molecule has 0 saturated heterocycles. The van der Waals surface area contributed by atoms with Gasteiger partial charge in [-0.3, -0.25) is 0 Å². The van der Waals surface area contributed by atoms with Crippen LogP contribution in [0.25, 0.3) is 0 Å². The molecule has 2 aliphatic carbocycles. The van der Waals surface area contributed by atoms with Gasteiger partial charge in [-0.25, -0.2) is 0 Å². The van der Waals surface area contributed by atoms with Crippen LogP contribution in [-0.2, 0) is 4.74 Å². The van der Waals surface area contributed by atoms with Gasteiger partial charge in [-0.2, -0.15) is 0 Å². The second kappa shape index (κ2) is 7.58. The van der Waals surface area contributed by atoms with Gasteiger partial charge in [0, 0.05) is 0 Å². The molecule has 0 aliphatic heterocycles. The molecule has 1 nitrogen and oxygen atoms in total. The highest BCUT2D eigenvalue weighted by molar-refractivity contribution is 5.19. The molecule has 0 aromatic carbocycles. The molecule has 0 bridgehead atoms. The molecule has 0 spiro atoms. The highest BCUT2D eigenvalue weighted by atomic mass is 16.5. The van der Waals surface area contributed by atoms with Crippen molar-refractivity contribution in [3.8, 4) is 0 Å². The summed E-state index contributed by atoms with van der Waals surface area (Å²) in [7, 11) is 0. The summed E-state index contributed by atoms with van der Waals surface area (Å²) < 4.78 is 5.49. The van der Waals surface area contributed by atoms with E-state index in [9.17, 15) is 0 Å².